The molecule has 0 aliphatic carbocycles. The quantitative estimate of drug-likeness (QED) is 0.724. The van der Waals surface area contributed by atoms with Gasteiger partial charge in [-0.25, -0.2) is 9.97 Å². The molecule has 0 radical (unpaired) electrons. The van der Waals surface area contributed by atoms with E-state index in [-0.39, 0.29) is 17.8 Å². The number of fused-ring (bicyclic) bond motifs is 3. The van der Waals surface area contributed by atoms with E-state index in [1.54, 1.807) is 28.8 Å². The molecule has 0 fully saturated rings. The summed E-state index contributed by atoms with van der Waals surface area (Å²) in [6.45, 7) is 4.22. The fourth-order valence-electron chi connectivity index (χ4n) is 3.28. The van der Waals surface area contributed by atoms with Crippen LogP contribution >= 0.6 is 11.6 Å². The highest BCUT2D eigenvalue weighted by atomic mass is 35.5. The van der Waals surface area contributed by atoms with Gasteiger partial charge in [-0.1, -0.05) is 11.6 Å². The molecule has 25 heavy (non-hydrogen) atoms. The summed E-state index contributed by atoms with van der Waals surface area (Å²) >= 11 is 5.98. The number of halogens is 1. The number of hydrogen-bond donors (Lipinski definition) is 1. The van der Waals surface area contributed by atoms with Crippen molar-refractivity contribution in [3.63, 3.8) is 0 Å². The van der Waals surface area contributed by atoms with Gasteiger partial charge in [0.05, 0.1) is 23.3 Å². The second-order valence-electron chi connectivity index (χ2n) is 6.76. The Labute approximate surface area is 149 Å². The SMILES string of the molecule is CC1(C)Cc2c(c(=O)n(-c3ccc(Cl)cc3)c3ncnc(N)c23)CO1. The zero-order chi connectivity index (χ0) is 17.8. The van der Waals surface area contributed by atoms with Gasteiger partial charge in [-0.3, -0.25) is 9.36 Å². The van der Waals surface area contributed by atoms with Gasteiger partial charge in [-0.05, 0) is 43.7 Å². The maximum absolute atomic E-state index is 13.2. The van der Waals surface area contributed by atoms with E-state index < -0.39 is 0 Å². The van der Waals surface area contributed by atoms with Gasteiger partial charge in [0.2, 0.25) is 0 Å². The first-order valence-corrected chi connectivity index (χ1v) is 8.32. The maximum atomic E-state index is 13.2. The first-order valence-electron chi connectivity index (χ1n) is 7.94. The average molecular weight is 357 g/mol. The van der Waals surface area contributed by atoms with Crippen molar-refractivity contribution in [3.05, 3.63) is 57.1 Å². The van der Waals surface area contributed by atoms with Gasteiger partial charge < -0.3 is 10.5 Å². The van der Waals surface area contributed by atoms with E-state index in [1.165, 1.54) is 6.33 Å². The summed E-state index contributed by atoms with van der Waals surface area (Å²) in [5.74, 6) is 0.363. The number of rotatable bonds is 1. The van der Waals surface area contributed by atoms with Crippen molar-refractivity contribution >= 4 is 28.5 Å². The number of aromatic nitrogens is 3. The van der Waals surface area contributed by atoms with Gasteiger partial charge in [0.15, 0.2) is 5.65 Å². The zero-order valence-electron chi connectivity index (χ0n) is 13.9. The molecule has 4 rings (SSSR count). The zero-order valence-corrected chi connectivity index (χ0v) is 14.7. The summed E-state index contributed by atoms with van der Waals surface area (Å²) < 4.78 is 7.40. The Morgan fingerprint density at radius 2 is 1.92 bits per heavy atom. The summed E-state index contributed by atoms with van der Waals surface area (Å²) in [6.07, 6.45) is 1.95. The molecular formula is C18H17ClN4O2. The van der Waals surface area contributed by atoms with Crippen LogP contribution in [0.4, 0.5) is 5.82 Å². The van der Waals surface area contributed by atoms with Crippen LogP contribution in [0, 0.1) is 0 Å². The molecule has 0 amide bonds. The van der Waals surface area contributed by atoms with Crippen LogP contribution in [0.1, 0.15) is 25.0 Å². The lowest BCUT2D eigenvalue weighted by molar-refractivity contribution is -0.0403. The minimum atomic E-state index is -0.374. The molecule has 2 N–H and O–H groups in total. The van der Waals surface area contributed by atoms with Gasteiger partial charge in [-0.15, -0.1) is 0 Å². The van der Waals surface area contributed by atoms with E-state index in [0.717, 1.165) is 5.56 Å². The van der Waals surface area contributed by atoms with Gasteiger partial charge >= 0.3 is 0 Å². The number of hydrogen-bond acceptors (Lipinski definition) is 5. The molecule has 6 nitrogen and oxygen atoms in total. The number of pyridine rings is 1. The first kappa shape index (κ1) is 16.1. The molecule has 0 atom stereocenters. The summed E-state index contributed by atoms with van der Waals surface area (Å²) in [4.78, 5) is 21.7. The van der Waals surface area contributed by atoms with Crippen molar-refractivity contribution in [1.29, 1.82) is 0 Å². The molecular weight excluding hydrogens is 340 g/mol. The molecule has 1 aliphatic rings. The number of ether oxygens (including phenoxy) is 1. The van der Waals surface area contributed by atoms with Crippen molar-refractivity contribution in [1.82, 2.24) is 14.5 Å². The highest BCUT2D eigenvalue weighted by molar-refractivity contribution is 6.30. The molecule has 0 spiro atoms. The van der Waals surface area contributed by atoms with Crippen molar-refractivity contribution in [2.45, 2.75) is 32.5 Å². The molecule has 0 saturated carbocycles. The van der Waals surface area contributed by atoms with Crippen LogP contribution in [0.15, 0.2) is 35.4 Å². The summed E-state index contributed by atoms with van der Waals surface area (Å²) in [5, 5.41) is 1.31. The molecule has 0 bridgehead atoms. The van der Waals surface area contributed by atoms with Crippen LogP contribution in [0.25, 0.3) is 16.7 Å². The fourth-order valence-corrected chi connectivity index (χ4v) is 3.40. The third-order valence-corrected chi connectivity index (χ3v) is 4.74. The molecule has 3 aromatic rings. The lowest BCUT2D eigenvalue weighted by atomic mass is 9.90. The van der Waals surface area contributed by atoms with E-state index in [4.69, 9.17) is 22.1 Å². The lowest BCUT2D eigenvalue weighted by Crippen LogP contribution is -2.37. The Hall–Kier alpha value is -2.44. The van der Waals surface area contributed by atoms with E-state index in [0.29, 0.717) is 39.5 Å². The van der Waals surface area contributed by atoms with Crippen LogP contribution in [0.3, 0.4) is 0 Å². The Bertz CT molecular complexity index is 1040. The number of nitrogen functional groups attached to an aromatic ring is 1. The minimum Gasteiger partial charge on any atom is -0.383 e. The number of nitrogens with two attached hydrogens (primary N) is 1. The molecule has 0 saturated heterocycles. The maximum Gasteiger partial charge on any atom is 0.262 e. The third-order valence-electron chi connectivity index (χ3n) is 4.49. The third kappa shape index (κ3) is 2.58. The first-order chi connectivity index (χ1) is 11.9. The average Bonchev–Trinajstić information content (AvgIpc) is 2.55. The highest BCUT2D eigenvalue weighted by Crippen LogP contribution is 2.33. The van der Waals surface area contributed by atoms with Crippen molar-refractivity contribution < 1.29 is 4.74 Å². The molecule has 7 heteroatoms. The van der Waals surface area contributed by atoms with Crippen LogP contribution in [-0.4, -0.2) is 20.1 Å². The summed E-state index contributed by atoms with van der Waals surface area (Å²) in [5.41, 5.74) is 8.28. The van der Waals surface area contributed by atoms with E-state index >= 15 is 0 Å². The van der Waals surface area contributed by atoms with Gasteiger partial charge in [0, 0.05) is 17.0 Å². The minimum absolute atomic E-state index is 0.154. The lowest BCUT2D eigenvalue weighted by Gasteiger charge is -2.32. The highest BCUT2D eigenvalue weighted by Gasteiger charge is 2.31. The van der Waals surface area contributed by atoms with E-state index in [9.17, 15) is 4.79 Å². The molecule has 1 aromatic carbocycles. The Morgan fingerprint density at radius 3 is 2.64 bits per heavy atom. The second-order valence-corrected chi connectivity index (χ2v) is 7.19. The van der Waals surface area contributed by atoms with Gasteiger partial charge in [0.1, 0.15) is 12.1 Å². The molecule has 3 heterocycles. The Kier molecular flexibility index (Phi) is 3.56. The normalized spacial score (nSPS) is 16.0. The number of anilines is 1. The van der Waals surface area contributed by atoms with Crippen LogP contribution in [-0.2, 0) is 17.8 Å². The van der Waals surface area contributed by atoms with Crippen molar-refractivity contribution in [3.8, 4) is 5.69 Å². The predicted octanol–water partition coefficient (Wildman–Crippen LogP) is 2.87. The molecule has 1 aliphatic heterocycles. The second kappa shape index (κ2) is 5.54. The topological polar surface area (TPSA) is 83.0 Å². The number of nitrogens with zero attached hydrogens (tertiary/aromatic N) is 3. The van der Waals surface area contributed by atoms with E-state index in [1.807, 2.05) is 13.8 Å². The molecule has 128 valence electrons. The molecule has 0 unspecified atom stereocenters. The molecule has 2 aromatic heterocycles. The predicted molar refractivity (Wildman–Crippen MR) is 97.1 cm³/mol. The summed E-state index contributed by atoms with van der Waals surface area (Å²) in [6, 6.07) is 7.03. The van der Waals surface area contributed by atoms with Gasteiger partial charge in [-0.2, -0.15) is 0 Å². The van der Waals surface area contributed by atoms with Crippen LogP contribution in [0.2, 0.25) is 5.02 Å². The fraction of sp³-hybridized carbons (Fsp3) is 0.278. The Balaban J connectivity index is 2.12. The Morgan fingerprint density at radius 1 is 1.20 bits per heavy atom. The van der Waals surface area contributed by atoms with E-state index in [2.05, 4.69) is 9.97 Å². The van der Waals surface area contributed by atoms with Crippen LogP contribution < -0.4 is 11.3 Å². The van der Waals surface area contributed by atoms with Crippen LogP contribution in [0.5, 0.6) is 0 Å². The summed E-state index contributed by atoms with van der Waals surface area (Å²) in [7, 11) is 0. The van der Waals surface area contributed by atoms with Crippen molar-refractivity contribution in [2.24, 2.45) is 0 Å². The number of benzene rings is 1. The monoisotopic (exact) mass is 356 g/mol. The standard InChI is InChI=1S/C18H17ClN4O2/c1-18(2)7-12-13(8-25-18)17(24)23(11-5-3-10(19)4-6-11)16-14(12)15(20)21-9-22-16/h3-6,9H,7-8H2,1-2H3,(H2,20,21,22). The van der Waals surface area contributed by atoms with Crippen molar-refractivity contribution in [2.75, 3.05) is 5.73 Å². The smallest absolute Gasteiger partial charge is 0.262 e. The largest absolute Gasteiger partial charge is 0.383 e. The van der Waals surface area contributed by atoms with Gasteiger partial charge in [0.25, 0.3) is 5.56 Å².